The van der Waals surface area contributed by atoms with E-state index in [0.29, 0.717) is 12.1 Å². The average Bonchev–Trinajstić information content (AvgIpc) is 2.75. The van der Waals surface area contributed by atoms with E-state index < -0.39 is 0 Å². The van der Waals surface area contributed by atoms with Crippen molar-refractivity contribution in [2.45, 2.75) is 64.6 Å². The van der Waals surface area contributed by atoms with E-state index in [9.17, 15) is 0 Å². The smallest absolute Gasteiger partial charge is 0.141 e. The topological polar surface area (TPSA) is 42.7 Å². The van der Waals surface area contributed by atoms with Gasteiger partial charge in [-0.05, 0) is 12.8 Å². The quantitative estimate of drug-likeness (QED) is 0.850. The minimum atomic E-state index is 0.497. The molecule has 1 aliphatic rings. The molecule has 90 valence electrons. The van der Waals surface area contributed by atoms with Gasteiger partial charge in [-0.2, -0.15) is 5.10 Å². The highest BCUT2D eigenvalue weighted by molar-refractivity contribution is 4.88. The van der Waals surface area contributed by atoms with Crippen molar-refractivity contribution in [3.63, 3.8) is 0 Å². The molecule has 4 heteroatoms. The summed E-state index contributed by atoms with van der Waals surface area (Å²) in [4.78, 5) is 4.35. The van der Waals surface area contributed by atoms with Crippen LogP contribution in [0.15, 0.2) is 6.33 Å². The van der Waals surface area contributed by atoms with Gasteiger partial charge in [-0.1, -0.05) is 33.1 Å². The summed E-state index contributed by atoms with van der Waals surface area (Å²) in [6.45, 7) is 5.14. The third-order valence-corrected chi connectivity index (χ3v) is 3.24. The third-order valence-electron chi connectivity index (χ3n) is 3.24. The lowest BCUT2D eigenvalue weighted by Crippen LogP contribution is -2.26. The number of aromatic nitrogens is 3. The van der Waals surface area contributed by atoms with Crippen molar-refractivity contribution in [3.05, 3.63) is 12.2 Å². The molecule has 0 bridgehead atoms. The van der Waals surface area contributed by atoms with Gasteiger partial charge in [0.05, 0.1) is 12.6 Å². The summed E-state index contributed by atoms with van der Waals surface area (Å²) in [6.07, 6.45) is 8.26. The molecule has 2 rings (SSSR count). The highest BCUT2D eigenvalue weighted by Crippen LogP contribution is 2.27. The molecule has 0 saturated heterocycles. The Bertz CT molecular complexity index is 313. The first-order valence-electron chi connectivity index (χ1n) is 6.39. The van der Waals surface area contributed by atoms with Crippen molar-refractivity contribution >= 4 is 0 Å². The van der Waals surface area contributed by atoms with Gasteiger partial charge in [0.25, 0.3) is 0 Å². The third kappa shape index (κ3) is 2.82. The van der Waals surface area contributed by atoms with Crippen molar-refractivity contribution in [1.29, 1.82) is 0 Å². The Morgan fingerprint density at radius 1 is 1.38 bits per heavy atom. The number of hydrogen-bond donors (Lipinski definition) is 1. The van der Waals surface area contributed by atoms with Gasteiger partial charge < -0.3 is 5.32 Å². The Labute approximate surface area is 97.5 Å². The van der Waals surface area contributed by atoms with Crippen molar-refractivity contribution in [2.75, 3.05) is 0 Å². The summed E-state index contributed by atoms with van der Waals surface area (Å²) in [5.74, 6) is 1.08. The van der Waals surface area contributed by atoms with E-state index in [1.165, 1.54) is 32.1 Å². The molecule has 4 nitrogen and oxygen atoms in total. The molecule has 1 N–H and O–H groups in total. The molecule has 1 heterocycles. The molecule has 1 fully saturated rings. The molecule has 0 spiro atoms. The lowest BCUT2D eigenvalue weighted by atomic mass is 9.95. The maximum Gasteiger partial charge on any atom is 0.141 e. The van der Waals surface area contributed by atoms with Gasteiger partial charge in [0, 0.05) is 6.04 Å². The number of hydrogen-bond acceptors (Lipinski definition) is 3. The molecule has 0 amide bonds. The monoisotopic (exact) mass is 222 g/mol. The predicted molar refractivity (Wildman–Crippen MR) is 64.1 cm³/mol. The normalized spacial score (nSPS) is 18.2. The summed E-state index contributed by atoms with van der Waals surface area (Å²) in [7, 11) is 0. The van der Waals surface area contributed by atoms with Gasteiger partial charge in [-0.25, -0.2) is 9.67 Å². The fraction of sp³-hybridized carbons (Fsp3) is 0.833. The van der Waals surface area contributed by atoms with Crippen LogP contribution in [0.3, 0.4) is 0 Å². The summed E-state index contributed by atoms with van der Waals surface area (Å²) in [6, 6.07) is 1.08. The van der Waals surface area contributed by atoms with E-state index in [0.717, 1.165) is 12.4 Å². The minimum absolute atomic E-state index is 0.497. The van der Waals surface area contributed by atoms with Gasteiger partial charge in [0.1, 0.15) is 12.2 Å². The van der Waals surface area contributed by atoms with Crippen LogP contribution in [0, 0.1) is 0 Å². The van der Waals surface area contributed by atoms with Crippen LogP contribution in [-0.4, -0.2) is 20.8 Å². The summed E-state index contributed by atoms with van der Waals surface area (Å²) in [5, 5.41) is 7.79. The Morgan fingerprint density at radius 3 is 2.81 bits per heavy atom. The molecule has 0 aromatic carbocycles. The Morgan fingerprint density at radius 2 is 2.12 bits per heavy atom. The molecule has 1 aliphatic carbocycles. The second kappa shape index (κ2) is 5.43. The van der Waals surface area contributed by atoms with Crippen LogP contribution in [0.1, 0.15) is 57.8 Å². The average molecular weight is 222 g/mol. The largest absolute Gasteiger partial charge is 0.308 e. The molecule has 1 aromatic heterocycles. The van der Waals surface area contributed by atoms with E-state index in [-0.39, 0.29) is 0 Å². The highest BCUT2D eigenvalue weighted by Gasteiger charge is 2.18. The van der Waals surface area contributed by atoms with Gasteiger partial charge in [-0.15, -0.1) is 0 Å². The van der Waals surface area contributed by atoms with Crippen LogP contribution >= 0.6 is 0 Å². The van der Waals surface area contributed by atoms with Crippen molar-refractivity contribution < 1.29 is 0 Å². The fourth-order valence-electron chi connectivity index (χ4n) is 2.33. The van der Waals surface area contributed by atoms with Crippen LogP contribution in [0.25, 0.3) is 0 Å². The zero-order valence-corrected chi connectivity index (χ0v) is 10.3. The molecule has 1 aromatic rings. The van der Waals surface area contributed by atoms with Crippen LogP contribution in [0.5, 0.6) is 0 Å². The molecular formula is C12H22N4. The SMILES string of the molecule is CC(C)NCc1ncnn1C1CCCCC1. The first-order valence-corrected chi connectivity index (χ1v) is 6.39. The number of nitrogens with zero attached hydrogens (tertiary/aromatic N) is 3. The van der Waals surface area contributed by atoms with Crippen molar-refractivity contribution in [3.8, 4) is 0 Å². The number of rotatable bonds is 4. The summed E-state index contributed by atoms with van der Waals surface area (Å²) >= 11 is 0. The van der Waals surface area contributed by atoms with E-state index in [2.05, 4.69) is 33.9 Å². The van der Waals surface area contributed by atoms with Crippen molar-refractivity contribution in [2.24, 2.45) is 0 Å². The zero-order chi connectivity index (χ0) is 11.4. The van der Waals surface area contributed by atoms with Crippen LogP contribution in [-0.2, 0) is 6.54 Å². The molecule has 0 radical (unpaired) electrons. The maximum atomic E-state index is 4.38. The first-order chi connectivity index (χ1) is 7.77. The van der Waals surface area contributed by atoms with E-state index in [1.807, 2.05) is 0 Å². The van der Waals surface area contributed by atoms with E-state index in [4.69, 9.17) is 0 Å². The standard InChI is InChI=1S/C12H22N4/c1-10(2)13-8-12-14-9-15-16(12)11-6-4-3-5-7-11/h9-11,13H,3-8H2,1-2H3. The van der Waals surface area contributed by atoms with E-state index in [1.54, 1.807) is 6.33 Å². The first kappa shape index (κ1) is 11.6. The van der Waals surface area contributed by atoms with Crippen LogP contribution in [0.4, 0.5) is 0 Å². The van der Waals surface area contributed by atoms with Crippen LogP contribution < -0.4 is 5.32 Å². The van der Waals surface area contributed by atoms with Gasteiger partial charge >= 0.3 is 0 Å². The predicted octanol–water partition coefficient (Wildman–Crippen LogP) is 2.28. The Hall–Kier alpha value is -0.900. The lowest BCUT2D eigenvalue weighted by Gasteiger charge is -2.23. The molecular weight excluding hydrogens is 200 g/mol. The minimum Gasteiger partial charge on any atom is -0.308 e. The maximum absolute atomic E-state index is 4.38. The number of nitrogens with one attached hydrogen (secondary N) is 1. The summed E-state index contributed by atoms with van der Waals surface area (Å²) in [5.41, 5.74) is 0. The fourth-order valence-corrected chi connectivity index (χ4v) is 2.33. The molecule has 0 aliphatic heterocycles. The van der Waals surface area contributed by atoms with Crippen LogP contribution in [0.2, 0.25) is 0 Å². The molecule has 16 heavy (non-hydrogen) atoms. The second-order valence-corrected chi connectivity index (χ2v) is 4.95. The summed E-state index contributed by atoms with van der Waals surface area (Å²) < 4.78 is 2.13. The van der Waals surface area contributed by atoms with E-state index >= 15 is 0 Å². The van der Waals surface area contributed by atoms with Gasteiger partial charge in [-0.3, -0.25) is 0 Å². The highest BCUT2D eigenvalue weighted by atomic mass is 15.4. The molecule has 1 saturated carbocycles. The van der Waals surface area contributed by atoms with Gasteiger partial charge in [0.15, 0.2) is 0 Å². The second-order valence-electron chi connectivity index (χ2n) is 4.95. The molecule has 0 atom stereocenters. The zero-order valence-electron chi connectivity index (χ0n) is 10.3. The van der Waals surface area contributed by atoms with Gasteiger partial charge in [0.2, 0.25) is 0 Å². The molecule has 0 unspecified atom stereocenters. The Balaban J connectivity index is 2.00. The Kier molecular flexibility index (Phi) is 3.93. The lowest BCUT2D eigenvalue weighted by molar-refractivity contribution is 0.317. The van der Waals surface area contributed by atoms with Crippen molar-refractivity contribution in [1.82, 2.24) is 20.1 Å².